The van der Waals surface area contributed by atoms with Gasteiger partial charge in [-0.3, -0.25) is 4.90 Å². The molecular formula is C16H20ClN3O. The van der Waals surface area contributed by atoms with Crippen molar-refractivity contribution >= 4 is 11.6 Å². The number of halogens is 1. The summed E-state index contributed by atoms with van der Waals surface area (Å²) in [6, 6.07) is 6.33. The number of aromatic nitrogens is 2. The Labute approximate surface area is 130 Å². The second kappa shape index (κ2) is 5.70. The van der Waals surface area contributed by atoms with Gasteiger partial charge >= 0.3 is 0 Å². The van der Waals surface area contributed by atoms with E-state index >= 15 is 0 Å². The fourth-order valence-electron chi connectivity index (χ4n) is 2.96. The fourth-order valence-corrected chi connectivity index (χ4v) is 3.23. The van der Waals surface area contributed by atoms with Crippen LogP contribution in [-0.4, -0.2) is 28.1 Å². The minimum atomic E-state index is 0.309. The number of nitrogens with zero attached hydrogens (tertiary/aromatic N) is 3. The van der Waals surface area contributed by atoms with E-state index in [2.05, 4.69) is 34.5 Å². The first kappa shape index (κ1) is 14.4. The van der Waals surface area contributed by atoms with E-state index in [9.17, 15) is 0 Å². The number of fused-ring (bicyclic) bond motifs is 1. The predicted octanol–water partition coefficient (Wildman–Crippen LogP) is 3.20. The topological polar surface area (TPSA) is 30.3 Å². The van der Waals surface area contributed by atoms with Crippen LogP contribution in [0.1, 0.15) is 29.9 Å². The largest absolute Gasteiger partial charge is 0.495 e. The van der Waals surface area contributed by atoms with Gasteiger partial charge in [0.05, 0.1) is 24.2 Å². The van der Waals surface area contributed by atoms with Crippen molar-refractivity contribution in [3.63, 3.8) is 0 Å². The molecule has 2 aromatic rings. The van der Waals surface area contributed by atoms with Gasteiger partial charge in [0.25, 0.3) is 0 Å². The molecular weight excluding hydrogens is 286 g/mol. The minimum absolute atomic E-state index is 0.309. The Morgan fingerprint density at radius 1 is 1.38 bits per heavy atom. The maximum absolute atomic E-state index is 6.24. The highest BCUT2D eigenvalue weighted by Gasteiger charge is 2.24. The normalized spacial score (nSPS) is 16.6. The summed E-state index contributed by atoms with van der Waals surface area (Å²) < 4.78 is 7.34. The Bertz CT molecular complexity index is 653. The third-order valence-electron chi connectivity index (χ3n) is 4.34. The van der Waals surface area contributed by atoms with Gasteiger partial charge in [0.15, 0.2) is 0 Å². The zero-order valence-corrected chi connectivity index (χ0v) is 13.4. The highest BCUT2D eigenvalue weighted by Crippen LogP contribution is 2.31. The van der Waals surface area contributed by atoms with Crippen molar-refractivity contribution in [2.75, 3.05) is 13.7 Å². The van der Waals surface area contributed by atoms with Gasteiger partial charge in [0, 0.05) is 38.3 Å². The smallest absolute Gasteiger partial charge is 0.137 e. The van der Waals surface area contributed by atoms with E-state index in [0.717, 1.165) is 25.3 Å². The van der Waals surface area contributed by atoms with E-state index in [-0.39, 0.29) is 0 Å². The van der Waals surface area contributed by atoms with E-state index in [1.165, 1.54) is 17.0 Å². The molecule has 5 heteroatoms. The van der Waals surface area contributed by atoms with E-state index in [1.807, 2.05) is 18.5 Å². The summed E-state index contributed by atoms with van der Waals surface area (Å²) in [5, 5.41) is 0.664. The monoisotopic (exact) mass is 305 g/mol. The van der Waals surface area contributed by atoms with Crippen molar-refractivity contribution in [2.24, 2.45) is 7.05 Å². The minimum Gasteiger partial charge on any atom is -0.495 e. The molecule has 0 fully saturated rings. The lowest BCUT2D eigenvalue weighted by Crippen LogP contribution is -2.33. The lowest BCUT2D eigenvalue weighted by atomic mass is 10.0. The van der Waals surface area contributed by atoms with Gasteiger partial charge < -0.3 is 9.30 Å². The Balaban J connectivity index is 1.80. The zero-order chi connectivity index (χ0) is 15.0. The number of aryl methyl sites for hydroxylation is 1. The van der Waals surface area contributed by atoms with E-state index in [4.69, 9.17) is 16.3 Å². The molecule has 2 heterocycles. The van der Waals surface area contributed by atoms with Crippen LogP contribution in [-0.2, 0) is 20.0 Å². The molecule has 0 aliphatic carbocycles. The molecule has 0 bridgehead atoms. The van der Waals surface area contributed by atoms with E-state index in [1.54, 1.807) is 7.11 Å². The molecule has 0 N–H and O–H groups in total. The first-order valence-corrected chi connectivity index (χ1v) is 7.54. The standard InChI is InChI=1S/C16H20ClN3O/c1-11(12-4-5-16(21-3)13(17)8-12)20-7-6-15-14(9-20)18-10-19(15)2/h4-5,8,10-11H,6-7,9H2,1-3H3. The Hall–Kier alpha value is -1.52. The number of hydrogen-bond donors (Lipinski definition) is 0. The maximum atomic E-state index is 6.24. The highest BCUT2D eigenvalue weighted by atomic mass is 35.5. The summed E-state index contributed by atoms with van der Waals surface area (Å²) in [7, 11) is 3.70. The zero-order valence-electron chi connectivity index (χ0n) is 12.6. The van der Waals surface area contributed by atoms with E-state index < -0.39 is 0 Å². The summed E-state index contributed by atoms with van der Waals surface area (Å²) >= 11 is 6.24. The maximum Gasteiger partial charge on any atom is 0.137 e. The quantitative estimate of drug-likeness (QED) is 0.872. The SMILES string of the molecule is COc1ccc(C(C)N2CCc3c(ncn3C)C2)cc1Cl. The van der Waals surface area contributed by atoms with Gasteiger partial charge in [0.1, 0.15) is 5.75 Å². The van der Waals surface area contributed by atoms with Crippen LogP contribution in [0.25, 0.3) is 0 Å². The van der Waals surface area contributed by atoms with Crippen LogP contribution in [0.5, 0.6) is 5.75 Å². The lowest BCUT2D eigenvalue weighted by molar-refractivity contribution is 0.188. The molecule has 1 aromatic carbocycles. The van der Waals surface area contributed by atoms with Crippen LogP contribution in [0.15, 0.2) is 24.5 Å². The van der Waals surface area contributed by atoms with Gasteiger partial charge in [-0.25, -0.2) is 4.98 Å². The molecule has 1 atom stereocenters. The van der Waals surface area contributed by atoms with Crippen LogP contribution >= 0.6 is 11.6 Å². The molecule has 21 heavy (non-hydrogen) atoms. The number of benzene rings is 1. The third kappa shape index (κ3) is 2.65. The van der Waals surface area contributed by atoms with Gasteiger partial charge in [-0.15, -0.1) is 0 Å². The number of imidazole rings is 1. The predicted molar refractivity (Wildman–Crippen MR) is 83.7 cm³/mol. The van der Waals surface area contributed by atoms with Crippen molar-refractivity contribution in [3.8, 4) is 5.75 Å². The molecule has 0 spiro atoms. The third-order valence-corrected chi connectivity index (χ3v) is 4.64. The molecule has 1 aromatic heterocycles. The average molecular weight is 306 g/mol. The molecule has 1 aliphatic heterocycles. The molecule has 1 unspecified atom stereocenters. The highest BCUT2D eigenvalue weighted by molar-refractivity contribution is 6.32. The van der Waals surface area contributed by atoms with Crippen molar-refractivity contribution < 1.29 is 4.74 Å². The molecule has 1 aliphatic rings. The molecule has 3 rings (SSSR count). The first-order valence-electron chi connectivity index (χ1n) is 7.16. The summed E-state index contributed by atoms with van der Waals surface area (Å²) in [6.07, 6.45) is 2.95. The molecule has 4 nitrogen and oxygen atoms in total. The van der Waals surface area contributed by atoms with Crippen LogP contribution in [0, 0.1) is 0 Å². The Morgan fingerprint density at radius 2 is 2.19 bits per heavy atom. The molecule has 0 saturated heterocycles. The van der Waals surface area contributed by atoms with Gasteiger partial charge in [-0.1, -0.05) is 17.7 Å². The van der Waals surface area contributed by atoms with Gasteiger partial charge in [0.2, 0.25) is 0 Å². The first-order chi connectivity index (χ1) is 10.1. The summed E-state index contributed by atoms with van der Waals surface area (Å²) in [4.78, 5) is 6.94. The van der Waals surface area contributed by atoms with Crippen LogP contribution in [0.2, 0.25) is 5.02 Å². The lowest BCUT2D eigenvalue weighted by Gasteiger charge is -2.32. The number of rotatable bonds is 3. The van der Waals surface area contributed by atoms with Crippen molar-refractivity contribution in [3.05, 3.63) is 46.5 Å². The summed E-state index contributed by atoms with van der Waals surface area (Å²) in [6.45, 7) is 4.14. The van der Waals surface area contributed by atoms with Crippen LogP contribution < -0.4 is 4.74 Å². The molecule has 0 radical (unpaired) electrons. The fraction of sp³-hybridized carbons (Fsp3) is 0.438. The number of hydrogen-bond acceptors (Lipinski definition) is 3. The summed E-state index contributed by atoms with van der Waals surface area (Å²) in [5.74, 6) is 0.721. The van der Waals surface area contributed by atoms with Crippen molar-refractivity contribution in [1.29, 1.82) is 0 Å². The van der Waals surface area contributed by atoms with E-state index in [0.29, 0.717) is 11.1 Å². The molecule has 112 valence electrons. The van der Waals surface area contributed by atoms with Gasteiger partial charge in [-0.05, 0) is 24.6 Å². The van der Waals surface area contributed by atoms with Crippen LogP contribution in [0.4, 0.5) is 0 Å². The average Bonchev–Trinajstić information content (AvgIpc) is 2.87. The van der Waals surface area contributed by atoms with Crippen molar-refractivity contribution in [2.45, 2.75) is 25.9 Å². The number of ether oxygens (including phenoxy) is 1. The van der Waals surface area contributed by atoms with Crippen molar-refractivity contribution in [1.82, 2.24) is 14.5 Å². The van der Waals surface area contributed by atoms with Gasteiger partial charge in [-0.2, -0.15) is 0 Å². The molecule has 0 amide bonds. The second-order valence-electron chi connectivity index (χ2n) is 5.54. The Morgan fingerprint density at radius 3 is 2.90 bits per heavy atom. The molecule has 0 saturated carbocycles. The second-order valence-corrected chi connectivity index (χ2v) is 5.95. The summed E-state index contributed by atoms with van der Waals surface area (Å²) in [5.41, 5.74) is 3.75. The Kier molecular flexibility index (Phi) is 3.91. The van der Waals surface area contributed by atoms with Crippen LogP contribution in [0.3, 0.4) is 0 Å². The number of methoxy groups -OCH3 is 1.